The average molecular weight is 286 g/mol. The van der Waals surface area contributed by atoms with Crippen molar-refractivity contribution in [3.8, 4) is 0 Å². The van der Waals surface area contributed by atoms with E-state index in [2.05, 4.69) is 39.3 Å². The van der Waals surface area contributed by atoms with Gasteiger partial charge in [-0.25, -0.2) is 0 Å². The Bertz CT molecular complexity index is 94.1. The zero-order valence-electron chi connectivity index (χ0n) is 8.47. The van der Waals surface area contributed by atoms with Gasteiger partial charge in [-0.1, -0.05) is 0 Å². The van der Waals surface area contributed by atoms with E-state index in [-0.39, 0.29) is 0 Å². The van der Waals surface area contributed by atoms with Gasteiger partial charge in [-0.3, -0.25) is 0 Å². The normalized spacial score (nSPS) is 13.1. The third-order valence-electron chi connectivity index (χ3n) is 2.25. The third-order valence-corrected chi connectivity index (χ3v) is 12.5. The second-order valence-electron chi connectivity index (χ2n) is 3.44. The molecule has 0 amide bonds. The number of hydrogen-bond donors (Lipinski definition) is 0. The van der Waals surface area contributed by atoms with Crippen LogP contribution in [-0.4, -0.2) is 29.9 Å². The first kappa shape index (κ1) is 12.0. The summed E-state index contributed by atoms with van der Waals surface area (Å²) in [6, 6.07) is 0. The molecule has 0 heterocycles. The molecule has 0 radical (unpaired) electrons. The zero-order valence-corrected chi connectivity index (χ0v) is 11.9. The van der Waals surface area contributed by atoms with E-state index in [1.807, 2.05) is 0 Å². The quantitative estimate of drug-likeness (QED) is 0.697. The van der Waals surface area contributed by atoms with E-state index in [0.29, 0.717) is 3.21 Å². The third kappa shape index (κ3) is 2.49. The van der Waals surface area contributed by atoms with Crippen LogP contribution in [0.2, 0.25) is 14.9 Å². The van der Waals surface area contributed by atoms with E-state index in [4.69, 9.17) is 0 Å². The molecule has 68 valence electrons. The number of hydrogen-bond acceptors (Lipinski definition) is 0. The van der Waals surface area contributed by atoms with Crippen molar-refractivity contribution in [3.63, 3.8) is 0 Å². The first-order valence-corrected chi connectivity index (χ1v) is 9.25. The minimum atomic E-state index is 0.708. The first-order valence-electron chi connectivity index (χ1n) is 4.11. The Morgan fingerprint density at radius 2 is 1.09 bits per heavy atom. The van der Waals surface area contributed by atoms with Gasteiger partial charge in [-0.05, 0) is 0 Å². The fourth-order valence-corrected chi connectivity index (χ4v) is 7.82. The predicted molar refractivity (Wildman–Crippen MR) is 55.6 cm³/mol. The first-order chi connectivity index (χ1) is 5.01. The SMILES string of the molecule is C[Se]C([Se]C)(C(C)C)C(C)C. The average Bonchev–Trinajstić information content (AvgIpc) is 1.90. The Labute approximate surface area is 84.2 Å². The predicted octanol–water partition coefficient (Wildman–Crippen LogP) is 2.92. The Kier molecular flexibility index (Phi) is 5.38. The van der Waals surface area contributed by atoms with Gasteiger partial charge in [0.05, 0.1) is 0 Å². The Balaban J connectivity index is 4.46. The Hall–Kier alpha value is 1.04. The van der Waals surface area contributed by atoms with Crippen molar-refractivity contribution in [1.29, 1.82) is 0 Å². The number of rotatable bonds is 4. The van der Waals surface area contributed by atoms with Crippen LogP contribution in [0.5, 0.6) is 0 Å². The summed E-state index contributed by atoms with van der Waals surface area (Å²) < 4.78 is 0.708. The van der Waals surface area contributed by atoms with Crippen molar-refractivity contribution >= 4 is 29.9 Å². The summed E-state index contributed by atoms with van der Waals surface area (Å²) in [4.78, 5) is 0. The molecule has 0 unspecified atom stereocenters. The van der Waals surface area contributed by atoms with Crippen LogP contribution in [0, 0.1) is 11.8 Å². The van der Waals surface area contributed by atoms with E-state index in [1.165, 1.54) is 0 Å². The fourth-order valence-electron chi connectivity index (χ4n) is 1.69. The van der Waals surface area contributed by atoms with Gasteiger partial charge in [0.25, 0.3) is 0 Å². The second kappa shape index (κ2) is 4.92. The molecule has 0 aliphatic rings. The molecule has 0 N–H and O–H groups in total. The van der Waals surface area contributed by atoms with E-state index in [0.717, 1.165) is 41.7 Å². The van der Waals surface area contributed by atoms with Crippen LogP contribution in [-0.2, 0) is 0 Å². The molecule has 0 aromatic rings. The van der Waals surface area contributed by atoms with Gasteiger partial charge in [0, 0.05) is 0 Å². The Morgan fingerprint density at radius 3 is 1.09 bits per heavy atom. The molecular formula is C9H20Se2. The molecule has 0 bridgehead atoms. The zero-order chi connectivity index (χ0) is 9.07. The summed E-state index contributed by atoms with van der Waals surface area (Å²) in [7, 11) is 0. The molecule has 0 atom stereocenters. The maximum atomic E-state index is 2.40. The summed E-state index contributed by atoms with van der Waals surface area (Å²) in [6.07, 6.45) is 0. The van der Waals surface area contributed by atoms with E-state index in [1.54, 1.807) is 0 Å². The summed E-state index contributed by atoms with van der Waals surface area (Å²) in [6.45, 7) is 9.54. The summed E-state index contributed by atoms with van der Waals surface area (Å²) in [5.74, 6) is 6.55. The van der Waals surface area contributed by atoms with Crippen LogP contribution < -0.4 is 0 Å². The molecular weight excluding hydrogens is 266 g/mol. The van der Waals surface area contributed by atoms with Gasteiger partial charge in [0.2, 0.25) is 0 Å². The minimum absolute atomic E-state index is 0.708. The molecule has 0 nitrogen and oxygen atoms in total. The topological polar surface area (TPSA) is 0 Å². The molecule has 0 saturated heterocycles. The van der Waals surface area contributed by atoms with Crippen molar-refractivity contribution in [2.24, 2.45) is 11.8 Å². The molecule has 0 aliphatic carbocycles. The molecule has 0 fully saturated rings. The molecule has 0 saturated carbocycles. The van der Waals surface area contributed by atoms with Gasteiger partial charge in [-0.2, -0.15) is 0 Å². The van der Waals surface area contributed by atoms with Crippen molar-refractivity contribution in [1.82, 2.24) is 0 Å². The van der Waals surface area contributed by atoms with Gasteiger partial charge < -0.3 is 0 Å². The molecule has 11 heavy (non-hydrogen) atoms. The molecule has 2 heteroatoms. The summed E-state index contributed by atoms with van der Waals surface area (Å²) in [5.41, 5.74) is 0. The van der Waals surface area contributed by atoms with Crippen molar-refractivity contribution in [3.05, 3.63) is 0 Å². The Morgan fingerprint density at radius 1 is 0.818 bits per heavy atom. The van der Waals surface area contributed by atoms with Gasteiger partial charge in [-0.15, -0.1) is 0 Å². The summed E-state index contributed by atoms with van der Waals surface area (Å²) >= 11 is 1.62. The van der Waals surface area contributed by atoms with Crippen LogP contribution in [0.1, 0.15) is 27.7 Å². The maximum absolute atomic E-state index is 2.40. The molecule has 0 spiro atoms. The van der Waals surface area contributed by atoms with Crippen molar-refractivity contribution in [2.45, 2.75) is 42.6 Å². The van der Waals surface area contributed by atoms with Gasteiger partial charge >= 0.3 is 84.3 Å². The summed E-state index contributed by atoms with van der Waals surface area (Å²) in [5, 5.41) is 0. The van der Waals surface area contributed by atoms with E-state index >= 15 is 0 Å². The molecule has 0 aliphatic heterocycles. The van der Waals surface area contributed by atoms with Gasteiger partial charge in [0.15, 0.2) is 0 Å². The van der Waals surface area contributed by atoms with Gasteiger partial charge in [0.1, 0.15) is 0 Å². The molecule has 0 aromatic heterocycles. The standard InChI is InChI=1S/C9H20Se2/c1-7(2)9(10-5,11-6)8(3)4/h7-8H,1-6H3. The van der Waals surface area contributed by atoms with Crippen molar-refractivity contribution < 1.29 is 0 Å². The van der Waals surface area contributed by atoms with Crippen molar-refractivity contribution in [2.75, 3.05) is 0 Å². The molecule has 0 rings (SSSR count). The van der Waals surface area contributed by atoms with Crippen LogP contribution >= 0.6 is 0 Å². The van der Waals surface area contributed by atoms with Crippen LogP contribution in [0.25, 0.3) is 0 Å². The van der Waals surface area contributed by atoms with Crippen LogP contribution in [0.3, 0.4) is 0 Å². The fraction of sp³-hybridized carbons (Fsp3) is 1.00. The van der Waals surface area contributed by atoms with E-state index in [9.17, 15) is 0 Å². The van der Waals surface area contributed by atoms with Crippen LogP contribution in [0.15, 0.2) is 0 Å². The second-order valence-corrected chi connectivity index (χ2v) is 9.30. The van der Waals surface area contributed by atoms with Crippen LogP contribution in [0.4, 0.5) is 0 Å². The monoisotopic (exact) mass is 288 g/mol. The molecule has 0 aromatic carbocycles. The van der Waals surface area contributed by atoms with E-state index < -0.39 is 0 Å².